The molecule has 4 nitrogen and oxygen atoms in total. The van der Waals surface area contributed by atoms with Crippen LogP contribution in [0.3, 0.4) is 0 Å². The van der Waals surface area contributed by atoms with Crippen molar-refractivity contribution in [3.05, 3.63) is 28.2 Å². The quantitative estimate of drug-likeness (QED) is 0.475. The Hall–Kier alpha value is -0.970. The van der Waals surface area contributed by atoms with E-state index in [4.69, 9.17) is 33.9 Å². The van der Waals surface area contributed by atoms with Gasteiger partial charge in [-0.25, -0.2) is 4.99 Å². The number of piperidine rings is 1. The van der Waals surface area contributed by atoms with Gasteiger partial charge >= 0.3 is 0 Å². The number of nitrogens with one attached hydrogen (secondary N) is 1. The highest BCUT2D eigenvalue weighted by Crippen LogP contribution is 2.36. The van der Waals surface area contributed by atoms with E-state index < -0.39 is 0 Å². The van der Waals surface area contributed by atoms with Crippen molar-refractivity contribution in [2.75, 3.05) is 11.9 Å². The smallest absolute Gasteiger partial charge is 0.199 e. The van der Waals surface area contributed by atoms with Gasteiger partial charge in [-0.2, -0.15) is 0 Å². The lowest BCUT2D eigenvalue weighted by atomic mass is 9.78. The predicted molar refractivity (Wildman–Crippen MR) is 119 cm³/mol. The molecule has 0 aromatic heterocycles. The second-order valence-corrected chi connectivity index (χ2v) is 9.51. The lowest BCUT2D eigenvalue weighted by molar-refractivity contribution is 0.118. The molecule has 0 bridgehead atoms. The zero-order chi connectivity index (χ0) is 19.5. The van der Waals surface area contributed by atoms with Crippen LogP contribution in [-0.4, -0.2) is 35.5 Å². The lowest BCUT2D eigenvalue weighted by Crippen LogP contribution is -2.52. The molecule has 3 fully saturated rings. The van der Waals surface area contributed by atoms with E-state index in [2.05, 4.69) is 10.2 Å². The first-order valence-electron chi connectivity index (χ1n) is 10.9. The SMILES string of the molecule is N[C@H]1CCCC[C@@H]1N=C(Nc1ccc(Cl)cc1Cl)N1CCCC2CCCCC21. The highest BCUT2D eigenvalue weighted by Gasteiger charge is 2.35. The van der Waals surface area contributed by atoms with E-state index in [1.165, 1.54) is 51.4 Å². The van der Waals surface area contributed by atoms with Crippen molar-refractivity contribution >= 4 is 34.8 Å². The summed E-state index contributed by atoms with van der Waals surface area (Å²) in [6.45, 7) is 1.06. The number of halogens is 2. The summed E-state index contributed by atoms with van der Waals surface area (Å²) in [5.41, 5.74) is 7.30. The summed E-state index contributed by atoms with van der Waals surface area (Å²) in [5, 5.41) is 4.85. The van der Waals surface area contributed by atoms with Crippen LogP contribution in [-0.2, 0) is 0 Å². The number of guanidine groups is 1. The Morgan fingerprint density at radius 3 is 2.57 bits per heavy atom. The molecule has 2 saturated carbocycles. The molecule has 1 heterocycles. The van der Waals surface area contributed by atoms with Crippen LogP contribution < -0.4 is 11.1 Å². The second kappa shape index (κ2) is 9.23. The molecule has 154 valence electrons. The molecule has 1 aromatic rings. The van der Waals surface area contributed by atoms with Crippen molar-refractivity contribution in [3.8, 4) is 0 Å². The van der Waals surface area contributed by atoms with Gasteiger partial charge in [-0.05, 0) is 62.6 Å². The number of aliphatic imine (C=N–C) groups is 1. The van der Waals surface area contributed by atoms with Gasteiger partial charge in [0.25, 0.3) is 0 Å². The summed E-state index contributed by atoms with van der Waals surface area (Å²) in [5.74, 6) is 1.75. The van der Waals surface area contributed by atoms with Crippen LogP contribution >= 0.6 is 23.2 Å². The first-order chi connectivity index (χ1) is 13.6. The molecular weight excluding hydrogens is 391 g/mol. The van der Waals surface area contributed by atoms with Crippen LogP contribution in [0.5, 0.6) is 0 Å². The molecule has 1 aromatic carbocycles. The number of nitrogens with zero attached hydrogens (tertiary/aromatic N) is 2. The van der Waals surface area contributed by atoms with Gasteiger partial charge in [-0.1, -0.05) is 48.9 Å². The van der Waals surface area contributed by atoms with E-state index in [0.717, 1.165) is 37.0 Å². The Balaban J connectivity index is 1.64. The average Bonchev–Trinajstić information content (AvgIpc) is 2.70. The second-order valence-electron chi connectivity index (χ2n) is 8.67. The molecule has 28 heavy (non-hydrogen) atoms. The van der Waals surface area contributed by atoms with Gasteiger partial charge in [0.2, 0.25) is 0 Å². The number of hydrogen-bond acceptors (Lipinski definition) is 2. The van der Waals surface area contributed by atoms with Gasteiger partial charge < -0.3 is 16.0 Å². The van der Waals surface area contributed by atoms with Crippen LogP contribution in [0.2, 0.25) is 10.0 Å². The largest absolute Gasteiger partial charge is 0.339 e. The molecule has 2 unspecified atom stereocenters. The predicted octanol–water partition coefficient (Wildman–Crippen LogP) is 5.69. The van der Waals surface area contributed by atoms with E-state index in [0.29, 0.717) is 16.1 Å². The Labute approximate surface area is 178 Å². The Morgan fingerprint density at radius 1 is 1.00 bits per heavy atom. The number of anilines is 1. The van der Waals surface area contributed by atoms with Crippen LogP contribution in [0.4, 0.5) is 5.69 Å². The van der Waals surface area contributed by atoms with E-state index in [1.807, 2.05) is 12.1 Å². The maximum Gasteiger partial charge on any atom is 0.199 e. The maximum absolute atomic E-state index is 6.48. The fourth-order valence-electron chi connectivity index (χ4n) is 5.23. The zero-order valence-electron chi connectivity index (χ0n) is 16.5. The number of rotatable bonds is 2. The van der Waals surface area contributed by atoms with Gasteiger partial charge in [0.05, 0.1) is 16.8 Å². The Bertz CT molecular complexity index is 706. The molecule has 0 radical (unpaired) electrons. The summed E-state index contributed by atoms with van der Waals surface area (Å²) in [6.07, 6.45) is 12.4. The number of hydrogen-bond donors (Lipinski definition) is 2. The summed E-state index contributed by atoms with van der Waals surface area (Å²) >= 11 is 12.6. The fraction of sp³-hybridized carbons (Fsp3) is 0.682. The summed E-state index contributed by atoms with van der Waals surface area (Å²) in [4.78, 5) is 7.73. The third-order valence-electron chi connectivity index (χ3n) is 6.76. The zero-order valence-corrected chi connectivity index (χ0v) is 18.1. The van der Waals surface area contributed by atoms with Crippen LogP contribution in [0.1, 0.15) is 64.2 Å². The minimum atomic E-state index is 0.151. The van der Waals surface area contributed by atoms with Crippen LogP contribution in [0.25, 0.3) is 0 Å². The highest BCUT2D eigenvalue weighted by atomic mass is 35.5. The average molecular weight is 423 g/mol. The van der Waals surface area contributed by atoms with Crippen molar-refractivity contribution in [3.63, 3.8) is 0 Å². The molecule has 1 saturated heterocycles. The number of likely N-dealkylation sites (tertiary alicyclic amines) is 1. The van der Waals surface area contributed by atoms with Gasteiger partial charge in [0.15, 0.2) is 5.96 Å². The molecule has 4 rings (SSSR count). The molecule has 4 atom stereocenters. The van der Waals surface area contributed by atoms with Crippen molar-refractivity contribution in [2.24, 2.45) is 16.6 Å². The molecular formula is C22H32Cl2N4. The van der Waals surface area contributed by atoms with Gasteiger partial charge in [0, 0.05) is 23.7 Å². The van der Waals surface area contributed by atoms with Crippen molar-refractivity contribution in [1.29, 1.82) is 0 Å². The van der Waals surface area contributed by atoms with Gasteiger partial charge in [-0.15, -0.1) is 0 Å². The molecule has 0 amide bonds. The monoisotopic (exact) mass is 422 g/mol. The number of nitrogens with two attached hydrogens (primary N) is 1. The first-order valence-corrected chi connectivity index (χ1v) is 11.7. The number of fused-ring (bicyclic) bond motifs is 1. The maximum atomic E-state index is 6.48. The minimum absolute atomic E-state index is 0.151. The van der Waals surface area contributed by atoms with Crippen molar-refractivity contribution in [1.82, 2.24) is 4.90 Å². The van der Waals surface area contributed by atoms with Crippen molar-refractivity contribution < 1.29 is 0 Å². The molecule has 3 aliphatic rings. The van der Waals surface area contributed by atoms with Crippen LogP contribution in [0, 0.1) is 5.92 Å². The normalized spacial score (nSPS) is 31.4. The van der Waals surface area contributed by atoms with Gasteiger partial charge in [0.1, 0.15) is 0 Å². The lowest BCUT2D eigenvalue weighted by Gasteiger charge is -2.46. The Morgan fingerprint density at radius 2 is 1.75 bits per heavy atom. The first kappa shape index (κ1) is 20.3. The third-order valence-corrected chi connectivity index (χ3v) is 7.31. The summed E-state index contributed by atoms with van der Waals surface area (Å²) in [7, 11) is 0. The fourth-order valence-corrected chi connectivity index (χ4v) is 5.69. The highest BCUT2D eigenvalue weighted by molar-refractivity contribution is 6.36. The molecule has 6 heteroatoms. The topological polar surface area (TPSA) is 53.6 Å². The molecule has 0 spiro atoms. The summed E-state index contributed by atoms with van der Waals surface area (Å²) in [6, 6.07) is 6.53. The summed E-state index contributed by atoms with van der Waals surface area (Å²) < 4.78 is 0. The minimum Gasteiger partial charge on any atom is -0.339 e. The van der Waals surface area contributed by atoms with E-state index in [-0.39, 0.29) is 12.1 Å². The van der Waals surface area contributed by atoms with E-state index in [1.54, 1.807) is 6.07 Å². The molecule has 3 N–H and O–H groups in total. The molecule has 1 aliphatic heterocycles. The third kappa shape index (κ3) is 4.60. The van der Waals surface area contributed by atoms with E-state index in [9.17, 15) is 0 Å². The van der Waals surface area contributed by atoms with Crippen molar-refractivity contribution in [2.45, 2.75) is 82.3 Å². The van der Waals surface area contributed by atoms with Crippen LogP contribution in [0.15, 0.2) is 23.2 Å². The number of benzene rings is 1. The standard InChI is InChI=1S/C22H32Cl2N4/c23-16-11-12-19(17(24)14-16)26-22(27-20-9-3-2-8-18(20)25)28-13-5-7-15-6-1-4-10-21(15)28/h11-12,14-15,18,20-21H,1-10,13,25H2,(H,26,27)/t15?,18-,20-,21?/m0/s1. The van der Waals surface area contributed by atoms with Gasteiger partial charge in [-0.3, -0.25) is 0 Å². The Kier molecular flexibility index (Phi) is 6.70. The molecule has 2 aliphatic carbocycles. The van der Waals surface area contributed by atoms with E-state index >= 15 is 0 Å².